The molecule has 0 saturated heterocycles. The van der Waals surface area contributed by atoms with Crippen LogP contribution in [0.15, 0.2) is 81.1 Å². The van der Waals surface area contributed by atoms with Gasteiger partial charge in [-0.05, 0) is 55.0 Å². The predicted octanol–water partition coefficient (Wildman–Crippen LogP) is 5.49. The molecule has 0 bridgehead atoms. The number of anilines is 1. The fourth-order valence-electron chi connectivity index (χ4n) is 3.44. The molecule has 0 fully saturated rings. The first kappa shape index (κ1) is 24.3. The second kappa shape index (κ2) is 10.7. The normalized spacial score (nSPS) is 11.3. The molecule has 7 nitrogen and oxygen atoms in total. The Morgan fingerprint density at radius 3 is 2.66 bits per heavy atom. The SMILES string of the molecule is Cc1ccc(NC(=O)COc2cccc(C=Nn3c(C(C)C)nc4ccc(Br)cc4c3=O)c2)cc1. The summed E-state index contributed by atoms with van der Waals surface area (Å²) in [6.07, 6.45) is 1.58. The van der Waals surface area contributed by atoms with Gasteiger partial charge in [0.2, 0.25) is 0 Å². The molecule has 4 rings (SSSR count). The molecule has 35 heavy (non-hydrogen) atoms. The van der Waals surface area contributed by atoms with Crippen LogP contribution >= 0.6 is 15.9 Å². The Labute approximate surface area is 211 Å². The van der Waals surface area contributed by atoms with Crippen LogP contribution in [0.25, 0.3) is 10.9 Å². The van der Waals surface area contributed by atoms with Crippen LogP contribution in [0.3, 0.4) is 0 Å². The molecular weight excluding hydrogens is 508 g/mol. The highest BCUT2D eigenvalue weighted by Crippen LogP contribution is 2.19. The zero-order chi connectivity index (χ0) is 24.9. The van der Waals surface area contributed by atoms with Crippen molar-refractivity contribution in [2.75, 3.05) is 11.9 Å². The van der Waals surface area contributed by atoms with Crippen LogP contribution < -0.4 is 15.6 Å². The molecule has 8 heteroatoms. The lowest BCUT2D eigenvalue weighted by Crippen LogP contribution is -2.23. The van der Waals surface area contributed by atoms with E-state index >= 15 is 0 Å². The largest absolute Gasteiger partial charge is 0.484 e. The van der Waals surface area contributed by atoms with Crippen molar-refractivity contribution in [2.24, 2.45) is 5.10 Å². The molecule has 3 aromatic carbocycles. The van der Waals surface area contributed by atoms with Crippen LogP contribution in [0, 0.1) is 6.92 Å². The number of fused-ring (bicyclic) bond motifs is 1. The van der Waals surface area contributed by atoms with Crippen molar-refractivity contribution < 1.29 is 9.53 Å². The molecule has 0 radical (unpaired) electrons. The van der Waals surface area contributed by atoms with Gasteiger partial charge in [-0.2, -0.15) is 9.78 Å². The smallest absolute Gasteiger partial charge is 0.282 e. The van der Waals surface area contributed by atoms with E-state index in [1.807, 2.05) is 63.2 Å². The Bertz CT molecular complexity index is 1460. The minimum Gasteiger partial charge on any atom is -0.484 e. The van der Waals surface area contributed by atoms with E-state index in [4.69, 9.17) is 4.74 Å². The third-order valence-electron chi connectivity index (χ3n) is 5.24. The monoisotopic (exact) mass is 532 g/mol. The van der Waals surface area contributed by atoms with Crippen molar-refractivity contribution in [1.29, 1.82) is 0 Å². The lowest BCUT2D eigenvalue weighted by atomic mass is 10.2. The van der Waals surface area contributed by atoms with Crippen molar-refractivity contribution in [1.82, 2.24) is 9.66 Å². The molecule has 1 amide bonds. The molecule has 0 aliphatic rings. The number of nitrogens with zero attached hydrogens (tertiary/aromatic N) is 3. The summed E-state index contributed by atoms with van der Waals surface area (Å²) in [5.74, 6) is 0.829. The summed E-state index contributed by atoms with van der Waals surface area (Å²) in [6.45, 7) is 5.79. The van der Waals surface area contributed by atoms with Gasteiger partial charge in [0.15, 0.2) is 6.61 Å². The fraction of sp³-hybridized carbons (Fsp3) is 0.185. The van der Waals surface area contributed by atoms with Crippen LogP contribution in [0.1, 0.15) is 36.7 Å². The second-order valence-electron chi connectivity index (χ2n) is 8.42. The van der Waals surface area contributed by atoms with E-state index in [9.17, 15) is 9.59 Å². The van der Waals surface area contributed by atoms with Crippen LogP contribution in [-0.2, 0) is 4.79 Å². The van der Waals surface area contributed by atoms with E-state index in [-0.39, 0.29) is 24.0 Å². The predicted molar refractivity (Wildman–Crippen MR) is 143 cm³/mol. The van der Waals surface area contributed by atoms with Crippen LogP contribution in [0.4, 0.5) is 5.69 Å². The Hall–Kier alpha value is -3.78. The van der Waals surface area contributed by atoms with Gasteiger partial charge in [0.1, 0.15) is 11.6 Å². The number of aryl methyl sites for hydroxylation is 1. The molecule has 178 valence electrons. The number of carbonyl (C=O) groups excluding carboxylic acids is 1. The zero-order valence-electron chi connectivity index (χ0n) is 19.7. The molecule has 0 aliphatic heterocycles. The third kappa shape index (κ3) is 6.02. The van der Waals surface area contributed by atoms with Crippen molar-refractivity contribution in [2.45, 2.75) is 26.7 Å². The Morgan fingerprint density at radius 1 is 1.14 bits per heavy atom. The molecule has 1 N–H and O–H groups in total. The Balaban J connectivity index is 1.51. The highest BCUT2D eigenvalue weighted by atomic mass is 79.9. The van der Waals surface area contributed by atoms with Gasteiger partial charge in [0.25, 0.3) is 11.5 Å². The van der Waals surface area contributed by atoms with Crippen molar-refractivity contribution >= 4 is 44.6 Å². The van der Waals surface area contributed by atoms with Gasteiger partial charge in [0, 0.05) is 16.1 Å². The molecular formula is C27H25BrN4O3. The number of aromatic nitrogens is 2. The lowest BCUT2D eigenvalue weighted by Gasteiger charge is -2.12. The van der Waals surface area contributed by atoms with Gasteiger partial charge < -0.3 is 10.1 Å². The third-order valence-corrected chi connectivity index (χ3v) is 5.73. The number of hydrogen-bond acceptors (Lipinski definition) is 5. The molecule has 0 unspecified atom stereocenters. The number of hydrogen-bond donors (Lipinski definition) is 1. The molecule has 0 aliphatic carbocycles. The molecule has 0 atom stereocenters. The summed E-state index contributed by atoms with van der Waals surface area (Å²) in [6, 6.07) is 20.1. The van der Waals surface area contributed by atoms with E-state index in [0.717, 1.165) is 15.6 Å². The second-order valence-corrected chi connectivity index (χ2v) is 9.34. The maximum Gasteiger partial charge on any atom is 0.282 e. The Morgan fingerprint density at radius 2 is 1.91 bits per heavy atom. The average Bonchev–Trinajstić information content (AvgIpc) is 2.84. The van der Waals surface area contributed by atoms with E-state index in [0.29, 0.717) is 28.2 Å². The quantitative estimate of drug-likeness (QED) is 0.319. The topological polar surface area (TPSA) is 85.6 Å². The van der Waals surface area contributed by atoms with Gasteiger partial charge in [-0.1, -0.05) is 59.6 Å². The summed E-state index contributed by atoms with van der Waals surface area (Å²) < 4.78 is 7.79. The molecule has 0 saturated carbocycles. The summed E-state index contributed by atoms with van der Waals surface area (Å²) >= 11 is 3.41. The average molecular weight is 533 g/mol. The summed E-state index contributed by atoms with van der Waals surface area (Å²) in [5.41, 5.74) is 2.95. The van der Waals surface area contributed by atoms with Gasteiger partial charge in [-0.25, -0.2) is 4.98 Å². The minimum absolute atomic E-state index is 0.00499. The van der Waals surface area contributed by atoms with Crippen molar-refractivity contribution in [3.63, 3.8) is 0 Å². The number of nitrogens with one attached hydrogen (secondary N) is 1. The van der Waals surface area contributed by atoms with Gasteiger partial charge in [-0.3, -0.25) is 9.59 Å². The first-order valence-corrected chi connectivity index (χ1v) is 12.0. The van der Waals surface area contributed by atoms with E-state index in [2.05, 4.69) is 31.3 Å². The van der Waals surface area contributed by atoms with Gasteiger partial charge >= 0.3 is 0 Å². The number of carbonyl (C=O) groups is 1. The number of amides is 1. The van der Waals surface area contributed by atoms with Crippen LogP contribution in [0.5, 0.6) is 5.75 Å². The molecule has 1 heterocycles. The van der Waals surface area contributed by atoms with E-state index in [1.54, 1.807) is 30.5 Å². The first-order valence-electron chi connectivity index (χ1n) is 11.2. The van der Waals surface area contributed by atoms with Crippen molar-refractivity contribution in [3.8, 4) is 5.75 Å². The summed E-state index contributed by atoms with van der Waals surface area (Å²) in [7, 11) is 0. The fourth-order valence-corrected chi connectivity index (χ4v) is 3.80. The lowest BCUT2D eigenvalue weighted by molar-refractivity contribution is -0.118. The molecule has 4 aromatic rings. The highest BCUT2D eigenvalue weighted by molar-refractivity contribution is 9.10. The standard InChI is InChI=1S/C27H25BrN4O3/c1-17(2)26-31-24-12-9-20(28)14-23(24)27(34)32(26)29-15-19-5-4-6-22(13-19)35-16-25(33)30-21-10-7-18(3)8-11-21/h4-15,17H,16H2,1-3H3,(H,30,33). The maximum atomic E-state index is 13.2. The summed E-state index contributed by atoms with van der Waals surface area (Å²) in [5, 5.41) is 7.73. The van der Waals surface area contributed by atoms with Crippen molar-refractivity contribution in [3.05, 3.63) is 98.5 Å². The summed E-state index contributed by atoms with van der Waals surface area (Å²) in [4.78, 5) is 30.0. The number of ether oxygens (including phenoxy) is 1. The van der Waals surface area contributed by atoms with Gasteiger partial charge in [0.05, 0.1) is 17.1 Å². The zero-order valence-corrected chi connectivity index (χ0v) is 21.2. The Kier molecular flexibility index (Phi) is 7.41. The highest BCUT2D eigenvalue weighted by Gasteiger charge is 2.14. The number of halogens is 1. The van der Waals surface area contributed by atoms with Gasteiger partial charge in [-0.15, -0.1) is 0 Å². The van der Waals surface area contributed by atoms with Crippen LogP contribution in [-0.4, -0.2) is 28.4 Å². The van der Waals surface area contributed by atoms with Crippen LogP contribution in [0.2, 0.25) is 0 Å². The van der Waals surface area contributed by atoms with E-state index in [1.165, 1.54) is 4.68 Å². The van der Waals surface area contributed by atoms with E-state index < -0.39 is 0 Å². The molecule has 0 spiro atoms. The molecule has 1 aromatic heterocycles. The number of benzene rings is 3. The minimum atomic E-state index is -0.255. The maximum absolute atomic E-state index is 13.2. The first-order chi connectivity index (χ1) is 16.8. The number of rotatable bonds is 7.